The molecule has 8 amide bonds. The quantitative estimate of drug-likeness (QED) is 0.0365. The molecule has 0 spiro atoms. The molecule has 10 aromatic rings. The number of cyclic esters (lactones) is 4. The Morgan fingerprint density at radius 3 is 1.08 bits per heavy atom. The molecular weight excluding hydrogens is 1660 g/mol. The number of anilines is 4. The SMILES string of the molecule is Cc1cccc2cccc(CCl)c12.Cc1cccc2cccc(CN3CCC(N4C(=O)C(CC5CNC(=O)O5)c5ccccc54)CC3)c12.Cc1cccc2cccc(CN3CCC(N4C(=O)C(O)(CC5CNC(=O)O5)c5ccccc54)CC3)c12.O=C1NCC(CC2C(=O)N(C3CCCCC3)c3ccccc32)O1.O=C1NCC(CC2C(=O)N(C3CCNCC3)c3ccccc32)O1. The van der Waals surface area contributed by atoms with E-state index in [1.807, 2.05) is 93.6 Å². The zero-order valence-corrected chi connectivity index (χ0v) is 74.9. The van der Waals surface area contributed by atoms with Crippen molar-refractivity contribution in [3.8, 4) is 0 Å². The number of para-hydroxylation sites is 4. The first-order valence-electron chi connectivity index (χ1n) is 46.6. The fraction of sp³-hybridized carbons (Fsp3) is 0.410. The Morgan fingerprint density at radius 1 is 0.362 bits per heavy atom. The van der Waals surface area contributed by atoms with Gasteiger partial charge >= 0.3 is 24.4 Å². The van der Waals surface area contributed by atoms with Gasteiger partial charge < -0.3 is 70.2 Å². The summed E-state index contributed by atoms with van der Waals surface area (Å²) in [5.41, 5.74) is 13.9. The highest BCUT2D eigenvalue weighted by Gasteiger charge is 2.54. The molecule has 0 radical (unpaired) electrons. The van der Waals surface area contributed by atoms with Gasteiger partial charge in [0.25, 0.3) is 5.91 Å². The molecule has 6 N–H and O–H groups in total. The molecular formula is C105H116ClN11O13. The standard InChI is InChI=1S/C29H31N3O4.C29H31N3O3.C18H22N2O3.C17H21N3O3.C12H11Cl/c1-19-6-4-7-20-8-5-9-21(26(19)20)18-31-14-12-22(13-15-31)32-25-11-3-2-10-24(25)29(35,27(32)33)16-23-17-30-28(34)36-23;1-19-6-4-7-20-8-5-9-21(27(19)20)18-31-14-12-22(13-15-31)32-26-11-3-2-10-24(26)25(28(32)33)16-23-17-30-29(34)35-23;21-17-15(10-13-11-19-18(22)23-13)14-8-4-5-9-16(14)20(17)12-6-2-1-3-7-12;21-16-14(9-12-10-19-17(22)23-12)13-3-1-2-4-15(13)20(16)11-5-7-18-8-6-11;1-9-4-2-5-10-6-3-7-11(8-13)12(9)10/h2-11,22-23,35H,12-18H2,1H3,(H,30,34);2-11,22-23,25H,12-18H2,1H3,(H,30,34);4-5,8-9,12-13,15H,1-3,6-7,10-11H2,(H,19,22);1-4,11-12,14,18H,5-10H2,(H,19,22);2-7H,8H2,1H3. The number of alkyl carbamates (subject to hydrolysis) is 4. The third-order valence-corrected chi connectivity index (χ3v) is 28.8. The fourth-order valence-electron chi connectivity index (χ4n) is 22.2. The third kappa shape index (κ3) is 18.6. The lowest BCUT2D eigenvalue weighted by Crippen LogP contribution is -2.50. The summed E-state index contributed by atoms with van der Waals surface area (Å²) in [6.07, 6.45) is 10.2. The molecule has 12 aliphatic rings. The van der Waals surface area contributed by atoms with Crippen molar-refractivity contribution in [3.63, 3.8) is 0 Å². The van der Waals surface area contributed by atoms with E-state index in [1.54, 1.807) is 4.90 Å². The van der Waals surface area contributed by atoms with Crippen molar-refractivity contribution in [2.24, 2.45) is 0 Å². The number of nitrogens with one attached hydrogen (secondary N) is 5. The van der Waals surface area contributed by atoms with Gasteiger partial charge in [-0.25, -0.2) is 19.2 Å². The Labute approximate surface area is 764 Å². The van der Waals surface area contributed by atoms with Crippen LogP contribution in [0.2, 0.25) is 0 Å². The Balaban J connectivity index is 0.000000113. The van der Waals surface area contributed by atoms with E-state index in [-0.39, 0.29) is 103 Å². The molecule has 8 fully saturated rings. The van der Waals surface area contributed by atoms with Crippen LogP contribution in [0.1, 0.15) is 170 Å². The summed E-state index contributed by atoms with van der Waals surface area (Å²) in [6.45, 7) is 15.6. The van der Waals surface area contributed by atoms with Crippen molar-refractivity contribution < 1.29 is 62.4 Å². The Hall–Kier alpha value is -11.9. The topological polar surface area (TPSA) is 273 Å². The van der Waals surface area contributed by atoms with Crippen LogP contribution in [-0.4, -0.2) is 177 Å². The first-order chi connectivity index (χ1) is 63.3. The first kappa shape index (κ1) is 88.7. The maximum atomic E-state index is 13.7. The van der Waals surface area contributed by atoms with Crippen molar-refractivity contribution >= 4 is 115 Å². The van der Waals surface area contributed by atoms with Gasteiger partial charge in [0.2, 0.25) is 17.7 Å². The molecule has 0 bridgehead atoms. The Morgan fingerprint density at radius 2 is 0.692 bits per heavy atom. The molecule has 8 atom stereocenters. The minimum absolute atomic E-state index is 0.0161. The second-order valence-electron chi connectivity index (χ2n) is 36.7. The maximum Gasteiger partial charge on any atom is 0.407 e. The average Bonchev–Trinajstić information content (AvgIpc) is 1.57. The van der Waals surface area contributed by atoms with Crippen LogP contribution in [0.5, 0.6) is 0 Å². The zero-order chi connectivity index (χ0) is 89.7. The van der Waals surface area contributed by atoms with Crippen molar-refractivity contribution in [1.29, 1.82) is 0 Å². The summed E-state index contributed by atoms with van der Waals surface area (Å²) < 4.78 is 21.1. The number of nitrogens with zero attached hydrogens (tertiary/aromatic N) is 6. The fourth-order valence-corrected chi connectivity index (χ4v) is 22.5. The number of amides is 8. The summed E-state index contributed by atoms with van der Waals surface area (Å²) in [5, 5.41) is 33.5. The number of hydrogen-bond acceptors (Lipinski definition) is 16. The van der Waals surface area contributed by atoms with Crippen molar-refractivity contribution in [2.45, 2.75) is 208 Å². The molecule has 10 aromatic carbocycles. The van der Waals surface area contributed by atoms with Crippen LogP contribution in [0.25, 0.3) is 32.3 Å². The van der Waals surface area contributed by atoms with E-state index in [1.165, 1.54) is 85.0 Å². The van der Waals surface area contributed by atoms with Crippen molar-refractivity contribution in [3.05, 3.63) is 262 Å². The van der Waals surface area contributed by atoms with Crippen molar-refractivity contribution in [2.75, 3.05) is 85.0 Å². The van der Waals surface area contributed by atoms with Crippen LogP contribution >= 0.6 is 11.6 Å². The molecule has 22 rings (SSSR count). The summed E-state index contributed by atoms with van der Waals surface area (Å²) in [7, 11) is 0. The molecule has 130 heavy (non-hydrogen) atoms. The lowest BCUT2D eigenvalue weighted by atomic mass is 9.89. The summed E-state index contributed by atoms with van der Waals surface area (Å²) in [5.74, 6) is 0.113. The van der Waals surface area contributed by atoms with Crippen LogP contribution in [0.4, 0.5) is 41.9 Å². The lowest BCUT2D eigenvalue weighted by Gasteiger charge is -2.37. The second kappa shape index (κ2) is 39.4. The van der Waals surface area contributed by atoms with E-state index < -0.39 is 17.8 Å². The number of carbonyl (C=O) groups excluding carboxylic acids is 8. The van der Waals surface area contributed by atoms with Crippen LogP contribution in [0, 0.1) is 20.8 Å². The van der Waals surface area contributed by atoms with Gasteiger partial charge in [0.15, 0.2) is 5.60 Å². The number of aliphatic hydroxyl groups is 1. The van der Waals surface area contributed by atoms with E-state index in [0.717, 1.165) is 143 Å². The van der Waals surface area contributed by atoms with Gasteiger partial charge in [-0.3, -0.25) is 29.0 Å². The van der Waals surface area contributed by atoms with Crippen LogP contribution < -0.4 is 46.2 Å². The largest absolute Gasteiger partial charge is 0.444 e. The number of piperidine rings is 3. The monoisotopic (exact) mass is 1770 g/mol. The maximum absolute atomic E-state index is 13.7. The van der Waals surface area contributed by atoms with E-state index in [2.05, 4.69) is 185 Å². The predicted molar refractivity (Wildman–Crippen MR) is 504 cm³/mol. The summed E-state index contributed by atoms with van der Waals surface area (Å²) >= 11 is 5.88. The molecule has 0 aromatic heterocycles. The van der Waals surface area contributed by atoms with E-state index >= 15 is 0 Å². The van der Waals surface area contributed by atoms with E-state index in [0.29, 0.717) is 62.9 Å². The van der Waals surface area contributed by atoms with Gasteiger partial charge in [-0.05, 0) is 192 Å². The first-order valence-corrected chi connectivity index (χ1v) is 47.2. The molecule has 676 valence electrons. The van der Waals surface area contributed by atoms with Gasteiger partial charge in [-0.2, -0.15) is 0 Å². The van der Waals surface area contributed by atoms with Crippen LogP contribution in [0.3, 0.4) is 0 Å². The second-order valence-corrected chi connectivity index (χ2v) is 37.0. The number of ether oxygens (including phenoxy) is 4. The molecule has 11 heterocycles. The number of rotatable bonds is 17. The number of aryl methyl sites for hydroxylation is 3. The van der Waals surface area contributed by atoms with Gasteiger partial charge in [0.05, 0.1) is 49.6 Å². The molecule has 25 heteroatoms. The van der Waals surface area contributed by atoms with E-state index in [9.17, 15) is 43.5 Å². The highest BCUT2D eigenvalue weighted by Crippen LogP contribution is 2.49. The van der Waals surface area contributed by atoms with E-state index in [4.69, 9.17) is 30.5 Å². The number of hydrogen-bond donors (Lipinski definition) is 6. The number of alkyl halides is 1. The van der Waals surface area contributed by atoms with Crippen molar-refractivity contribution in [1.82, 2.24) is 36.4 Å². The van der Waals surface area contributed by atoms with Gasteiger partial charge in [-0.1, -0.05) is 201 Å². The van der Waals surface area contributed by atoms with Crippen LogP contribution in [0.15, 0.2) is 206 Å². The number of carbonyl (C=O) groups is 8. The predicted octanol–water partition coefficient (Wildman–Crippen LogP) is 16.8. The third-order valence-electron chi connectivity index (χ3n) is 28.5. The summed E-state index contributed by atoms with van der Waals surface area (Å²) in [4.78, 5) is 112. The lowest BCUT2D eigenvalue weighted by molar-refractivity contribution is -0.139. The van der Waals surface area contributed by atoms with Crippen LogP contribution in [-0.2, 0) is 62.7 Å². The molecule has 8 unspecified atom stereocenters. The molecule has 7 saturated heterocycles. The summed E-state index contributed by atoms with van der Waals surface area (Å²) in [6, 6.07) is 71.1. The molecule has 1 saturated carbocycles. The smallest absolute Gasteiger partial charge is 0.407 e. The zero-order valence-electron chi connectivity index (χ0n) is 74.2. The van der Waals surface area contributed by atoms with Gasteiger partial charge in [0, 0.05) is 118 Å². The van der Waals surface area contributed by atoms with Gasteiger partial charge in [-0.15, -0.1) is 11.6 Å². The number of fused-ring (bicyclic) bond motifs is 7. The minimum Gasteiger partial charge on any atom is -0.444 e. The molecule has 1 aliphatic carbocycles. The minimum atomic E-state index is -1.69. The highest BCUT2D eigenvalue weighted by atomic mass is 35.5. The van der Waals surface area contributed by atoms with Gasteiger partial charge in [0.1, 0.15) is 24.4 Å². The Kier molecular flexibility index (Phi) is 26.9. The number of halogens is 1. The normalized spacial score (nSPS) is 23.9. The number of likely N-dealkylation sites (tertiary alicyclic amines) is 2. The number of benzene rings is 10. The average molecular weight is 1780 g/mol. The highest BCUT2D eigenvalue weighted by molar-refractivity contribution is 6.18. The Bertz CT molecular complexity index is 5760. The molecule has 24 nitrogen and oxygen atoms in total. The molecule has 11 aliphatic heterocycles.